The fraction of sp³-hybridized carbons (Fsp3) is 0.474. The summed E-state index contributed by atoms with van der Waals surface area (Å²) in [4.78, 5) is 12.1. The fourth-order valence-electron chi connectivity index (χ4n) is 3.89. The SMILES string of the molecule is Cn1ncc(NCC2(c3ccc4c(c3)OCCO4)CCCC2)c(Br)c1=O. The first-order valence-electron chi connectivity index (χ1n) is 8.95. The van der Waals surface area contributed by atoms with Crippen molar-refractivity contribution < 1.29 is 9.47 Å². The maximum Gasteiger partial charge on any atom is 0.282 e. The number of nitrogens with one attached hydrogen (secondary N) is 1. The Morgan fingerprint density at radius 3 is 2.73 bits per heavy atom. The number of benzene rings is 1. The number of rotatable bonds is 4. The summed E-state index contributed by atoms with van der Waals surface area (Å²) >= 11 is 3.39. The molecule has 1 aromatic carbocycles. The van der Waals surface area contributed by atoms with Crippen molar-refractivity contribution in [3.63, 3.8) is 0 Å². The normalized spacial score (nSPS) is 17.9. The van der Waals surface area contributed by atoms with Crippen molar-refractivity contribution in [3.8, 4) is 11.5 Å². The predicted molar refractivity (Wildman–Crippen MR) is 103 cm³/mol. The van der Waals surface area contributed by atoms with Gasteiger partial charge in [0.1, 0.15) is 17.7 Å². The summed E-state index contributed by atoms with van der Waals surface area (Å²) in [6, 6.07) is 6.29. The number of hydrogen-bond acceptors (Lipinski definition) is 5. The summed E-state index contributed by atoms with van der Waals surface area (Å²) < 4.78 is 13.3. The molecule has 26 heavy (non-hydrogen) atoms. The Hall–Kier alpha value is -2.02. The Bertz CT molecular complexity index is 875. The van der Waals surface area contributed by atoms with Crippen LogP contribution in [-0.4, -0.2) is 29.5 Å². The second-order valence-electron chi connectivity index (χ2n) is 7.00. The molecule has 138 valence electrons. The van der Waals surface area contributed by atoms with Gasteiger partial charge >= 0.3 is 0 Å². The lowest BCUT2D eigenvalue weighted by molar-refractivity contribution is 0.171. The summed E-state index contributed by atoms with van der Waals surface area (Å²) in [5.41, 5.74) is 1.88. The van der Waals surface area contributed by atoms with E-state index in [1.54, 1.807) is 13.2 Å². The molecule has 0 spiro atoms. The van der Waals surface area contributed by atoms with Gasteiger partial charge in [0, 0.05) is 19.0 Å². The molecule has 1 aliphatic carbocycles. The number of aryl methyl sites for hydroxylation is 1. The molecular weight excluding hydrogens is 398 g/mol. The maximum atomic E-state index is 12.1. The molecule has 1 aliphatic heterocycles. The van der Waals surface area contributed by atoms with Gasteiger partial charge in [-0.05, 0) is 46.5 Å². The van der Waals surface area contributed by atoms with Crippen LogP contribution in [0.1, 0.15) is 31.2 Å². The van der Waals surface area contributed by atoms with Crippen molar-refractivity contribution in [1.82, 2.24) is 9.78 Å². The molecule has 0 saturated heterocycles. The summed E-state index contributed by atoms with van der Waals surface area (Å²) in [5.74, 6) is 1.65. The van der Waals surface area contributed by atoms with E-state index in [-0.39, 0.29) is 11.0 Å². The van der Waals surface area contributed by atoms with E-state index in [0.717, 1.165) is 36.6 Å². The van der Waals surface area contributed by atoms with Gasteiger partial charge in [0.15, 0.2) is 11.5 Å². The average molecular weight is 420 g/mol. The first-order chi connectivity index (χ1) is 12.6. The van der Waals surface area contributed by atoms with Gasteiger partial charge < -0.3 is 14.8 Å². The second-order valence-corrected chi connectivity index (χ2v) is 7.79. The van der Waals surface area contributed by atoms with E-state index in [1.165, 1.54) is 23.1 Å². The van der Waals surface area contributed by atoms with Crippen LogP contribution in [0.3, 0.4) is 0 Å². The van der Waals surface area contributed by atoms with Crippen LogP contribution in [0.5, 0.6) is 11.5 Å². The Morgan fingerprint density at radius 1 is 1.23 bits per heavy atom. The largest absolute Gasteiger partial charge is 0.486 e. The van der Waals surface area contributed by atoms with Crippen molar-refractivity contribution in [2.45, 2.75) is 31.1 Å². The van der Waals surface area contributed by atoms with Crippen molar-refractivity contribution in [3.05, 3.63) is 44.8 Å². The highest BCUT2D eigenvalue weighted by Crippen LogP contribution is 2.44. The molecule has 0 atom stereocenters. The van der Waals surface area contributed by atoms with E-state index >= 15 is 0 Å². The van der Waals surface area contributed by atoms with Gasteiger partial charge in [0.2, 0.25) is 0 Å². The molecule has 0 bridgehead atoms. The molecule has 2 aliphatic rings. The topological polar surface area (TPSA) is 65.4 Å². The standard InChI is InChI=1S/C19H22BrN3O3/c1-23-18(24)17(20)14(11-22-23)21-12-19(6-2-3-7-19)13-4-5-15-16(10-13)26-9-8-25-15/h4-5,10-11,21H,2-3,6-9,12H2,1H3. The number of nitrogens with zero attached hydrogens (tertiary/aromatic N) is 2. The van der Waals surface area contributed by atoms with Crippen molar-refractivity contribution in [2.24, 2.45) is 7.05 Å². The molecule has 1 saturated carbocycles. The monoisotopic (exact) mass is 419 g/mol. The van der Waals surface area contributed by atoms with Gasteiger partial charge in [-0.25, -0.2) is 4.68 Å². The van der Waals surface area contributed by atoms with E-state index in [2.05, 4.69) is 38.5 Å². The molecule has 6 nitrogen and oxygen atoms in total. The summed E-state index contributed by atoms with van der Waals surface area (Å²) in [5, 5.41) is 7.56. The smallest absolute Gasteiger partial charge is 0.282 e. The van der Waals surface area contributed by atoms with E-state index in [4.69, 9.17) is 9.47 Å². The van der Waals surface area contributed by atoms with Gasteiger partial charge in [-0.3, -0.25) is 4.79 Å². The molecule has 2 heterocycles. The van der Waals surface area contributed by atoms with E-state index < -0.39 is 0 Å². The maximum absolute atomic E-state index is 12.1. The third kappa shape index (κ3) is 3.09. The highest BCUT2D eigenvalue weighted by Gasteiger charge is 2.36. The second kappa shape index (κ2) is 6.95. The number of hydrogen-bond donors (Lipinski definition) is 1. The van der Waals surface area contributed by atoms with E-state index in [0.29, 0.717) is 17.7 Å². The van der Waals surface area contributed by atoms with Crippen LogP contribution in [0, 0.1) is 0 Å². The minimum atomic E-state index is -0.144. The van der Waals surface area contributed by atoms with Crippen LogP contribution >= 0.6 is 15.9 Å². The summed E-state index contributed by atoms with van der Waals surface area (Å²) in [6.45, 7) is 1.94. The zero-order chi connectivity index (χ0) is 18.1. The van der Waals surface area contributed by atoms with Gasteiger partial charge in [-0.2, -0.15) is 5.10 Å². The molecule has 0 radical (unpaired) electrons. The van der Waals surface area contributed by atoms with Crippen LogP contribution in [-0.2, 0) is 12.5 Å². The molecule has 1 N–H and O–H groups in total. The van der Waals surface area contributed by atoms with Crippen molar-refractivity contribution in [2.75, 3.05) is 25.1 Å². The number of anilines is 1. The number of aromatic nitrogens is 2. The first-order valence-corrected chi connectivity index (χ1v) is 9.74. The highest BCUT2D eigenvalue weighted by molar-refractivity contribution is 9.10. The summed E-state index contributed by atoms with van der Waals surface area (Å²) in [6.07, 6.45) is 6.31. The zero-order valence-corrected chi connectivity index (χ0v) is 16.3. The Balaban J connectivity index is 1.61. The van der Waals surface area contributed by atoms with E-state index in [9.17, 15) is 4.79 Å². The molecule has 0 unspecified atom stereocenters. The first kappa shape index (κ1) is 17.4. The van der Waals surface area contributed by atoms with Crippen LogP contribution in [0.25, 0.3) is 0 Å². The minimum Gasteiger partial charge on any atom is -0.486 e. The Morgan fingerprint density at radius 2 is 1.96 bits per heavy atom. The molecule has 1 fully saturated rings. The fourth-order valence-corrected chi connectivity index (χ4v) is 4.39. The minimum absolute atomic E-state index is 0.0242. The van der Waals surface area contributed by atoms with Gasteiger partial charge in [-0.15, -0.1) is 0 Å². The highest BCUT2D eigenvalue weighted by atomic mass is 79.9. The van der Waals surface area contributed by atoms with Crippen LogP contribution < -0.4 is 20.3 Å². The molecule has 1 aromatic heterocycles. The van der Waals surface area contributed by atoms with Crippen molar-refractivity contribution in [1.29, 1.82) is 0 Å². The summed E-state index contributed by atoms with van der Waals surface area (Å²) in [7, 11) is 1.64. The van der Waals surface area contributed by atoms with Gasteiger partial charge in [0.25, 0.3) is 5.56 Å². The molecule has 0 amide bonds. The Kier molecular flexibility index (Phi) is 4.65. The average Bonchev–Trinajstić information content (AvgIpc) is 3.15. The molecule has 4 rings (SSSR count). The predicted octanol–water partition coefficient (Wildman–Crippen LogP) is 3.24. The molecule has 2 aromatic rings. The molecular formula is C19H22BrN3O3. The van der Waals surface area contributed by atoms with Crippen LogP contribution in [0.15, 0.2) is 33.7 Å². The van der Waals surface area contributed by atoms with E-state index in [1.807, 2.05) is 6.07 Å². The van der Waals surface area contributed by atoms with Gasteiger partial charge in [0.05, 0.1) is 11.9 Å². The number of fused-ring (bicyclic) bond motifs is 1. The van der Waals surface area contributed by atoms with Crippen LogP contribution in [0.2, 0.25) is 0 Å². The lowest BCUT2D eigenvalue weighted by atomic mass is 9.78. The quantitative estimate of drug-likeness (QED) is 0.823. The lowest BCUT2D eigenvalue weighted by Gasteiger charge is -2.32. The zero-order valence-electron chi connectivity index (χ0n) is 14.8. The number of halogens is 1. The third-order valence-electron chi connectivity index (χ3n) is 5.41. The van der Waals surface area contributed by atoms with Crippen molar-refractivity contribution >= 4 is 21.6 Å². The Labute approximate surface area is 160 Å². The molecule has 7 heteroatoms. The number of ether oxygens (including phenoxy) is 2. The third-order valence-corrected chi connectivity index (χ3v) is 6.18. The van der Waals surface area contributed by atoms with Gasteiger partial charge in [-0.1, -0.05) is 18.9 Å². The van der Waals surface area contributed by atoms with Crippen LogP contribution in [0.4, 0.5) is 5.69 Å². The lowest BCUT2D eigenvalue weighted by Crippen LogP contribution is -2.32.